The first kappa shape index (κ1) is 21.6. The molecule has 0 atom stereocenters. The fourth-order valence-electron chi connectivity index (χ4n) is 3.87. The van der Waals surface area contributed by atoms with Crippen LogP contribution in [0.4, 0.5) is 0 Å². The average Bonchev–Trinajstić information content (AvgIpc) is 3.11. The molecule has 1 saturated carbocycles. The summed E-state index contributed by atoms with van der Waals surface area (Å²) in [6, 6.07) is 7.76. The maximum atomic E-state index is 13.1. The van der Waals surface area contributed by atoms with Crippen molar-refractivity contribution in [2.45, 2.75) is 64.3 Å². The van der Waals surface area contributed by atoms with Crippen LogP contribution in [0.25, 0.3) is 5.69 Å². The maximum Gasteiger partial charge on any atom is 0.255 e. The normalized spacial score (nSPS) is 15.7. The third-order valence-corrected chi connectivity index (χ3v) is 6.16. The second kappa shape index (κ2) is 9.57. The number of aromatic nitrogens is 2. The summed E-state index contributed by atoms with van der Waals surface area (Å²) in [4.78, 5) is 26.1. The van der Waals surface area contributed by atoms with Gasteiger partial charge in [0, 0.05) is 11.0 Å². The molecule has 0 radical (unpaired) electrons. The van der Waals surface area contributed by atoms with Crippen LogP contribution in [0, 0.1) is 6.92 Å². The number of nitrogens with zero attached hydrogens (tertiary/aromatic N) is 2. The number of unbranched alkanes of at least 4 members (excludes halogenated alkanes) is 1. The monoisotopic (exact) mass is 460 g/mol. The van der Waals surface area contributed by atoms with Gasteiger partial charge >= 0.3 is 0 Å². The molecule has 7 heteroatoms. The van der Waals surface area contributed by atoms with Crippen LogP contribution in [-0.2, 0) is 4.79 Å². The van der Waals surface area contributed by atoms with E-state index in [1.54, 1.807) is 10.9 Å². The molecule has 1 aliphatic carbocycles. The second-order valence-corrected chi connectivity index (χ2v) is 8.65. The maximum absolute atomic E-state index is 13.1. The van der Waals surface area contributed by atoms with Crippen LogP contribution in [0.2, 0.25) is 0 Å². The Hall–Kier alpha value is -2.15. The standard InChI is InChI=1S/C22H29BrN4O2/c1-3-4-14-24-21(29)22(12-6-5-7-13-22)26-20(28)19-15-25-27(16(19)2)18-10-8-17(23)9-11-18/h8-11,15H,3-7,12-14H2,1-2H3,(H,24,29)(H,26,28). The zero-order chi connectivity index (χ0) is 20.9. The molecule has 0 saturated heterocycles. The highest BCUT2D eigenvalue weighted by Gasteiger charge is 2.41. The van der Waals surface area contributed by atoms with Gasteiger partial charge in [-0.15, -0.1) is 0 Å². The molecular formula is C22H29BrN4O2. The van der Waals surface area contributed by atoms with E-state index in [1.165, 1.54) is 0 Å². The Kier molecular flexibility index (Phi) is 7.11. The summed E-state index contributed by atoms with van der Waals surface area (Å²) in [6.07, 6.45) is 7.88. The molecule has 2 N–H and O–H groups in total. The van der Waals surface area contributed by atoms with Crippen LogP contribution in [0.1, 0.15) is 67.9 Å². The van der Waals surface area contributed by atoms with Crippen LogP contribution in [0.3, 0.4) is 0 Å². The van der Waals surface area contributed by atoms with Crippen LogP contribution in [-0.4, -0.2) is 33.7 Å². The third-order valence-electron chi connectivity index (χ3n) is 5.64. The topological polar surface area (TPSA) is 76.0 Å². The van der Waals surface area contributed by atoms with Crippen molar-refractivity contribution in [3.05, 3.63) is 46.2 Å². The summed E-state index contributed by atoms with van der Waals surface area (Å²) >= 11 is 3.43. The van der Waals surface area contributed by atoms with E-state index in [0.717, 1.165) is 48.0 Å². The predicted molar refractivity (Wildman–Crippen MR) is 117 cm³/mol. The minimum Gasteiger partial charge on any atom is -0.354 e. The molecule has 1 fully saturated rings. The van der Waals surface area contributed by atoms with Gasteiger partial charge in [0.25, 0.3) is 5.91 Å². The Labute approximate surface area is 180 Å². The van der Waals surface area contributed by atoms with E-state index in [4.69, 9.17) is 0 Å². The van der Waals surface area contributed by atoms with E-state index in [9.17, 15) is 9.59 Å². The average molecular weight is 461 g/mol. The number of hydrogen-bond acceptors (Lipinski definition) is 3. The first-order chi connectivity index (χ1) is 14.0. The number of amides is 2. The lowest BCUT2D eigenvalue weighted by atomic mass is 9.80. The third kappa shape index (κ3) is 4.89. The first-order valence-corrected chi connectivity index (χ1v) is 11.2. The van der Waals surface area contributed by atoms with E-state index in [-0.39, 0.29) is 11.8 Å². The Morgan fingerprint density at radius 1 is 1.17 bits per heavy atom. The zero-order valence-electron chi connectivity index (χ0n) is 17.1. The second-order valence-electron chi connectivity index (χ2n) is 7.74. The minimum atomic E-state index is -0.824. The SMILES string of the molecule is CCCCNC(=O)C1(NC(=O)c2cnn(-c3ccc(Br)cc3)c2C)CCCCC1. The van der Waals surface area contributed by atoms with Gasteiger partial charge in [0.2, 0.25) is 5.91 Å². The molecule has 1 aromatic carbocycles. The van der Waals surface area contributed by atoms with Crippen molar-refractivity contribution in [2.75, 3.05) is 6.54 Å². The van der Waals surface area contributed by atoms with Crippen molar-refractivity contribution >= 4 is 27.7 Å². The van der Waals surface area contributed by atoms with Gasteiger partial charge in [-0.1, -0.05) is 48.5 Å². The molecule has 156 valence electrons. The summed E-state index contributed by atoms with van der Waals surface area (Å²) < 4.78 is 2.73. The molecule has 0 bridgehead atoms. The van der Waals surface area contributed by atoms with Crippen molar-refractivity contribution in [2.24, 2.45) is 0 Å². The quantitative estimate of drug-likeness (QED) is 0.604. The van der Waals surface area contributed by atoms with Gasteiger partial charge in [0.1, 0.15) is 5.54 Å². The molecule has 0 unspecified atom stereocenters. The van der Waals surface area contributed by atoms with Crippen LogP contribution in [0.5, 0.6) is 0 Å². The van der Waals surface area contributed by atoms with Gasteiger partial charge in [-0.05, 0) is 50.5 Å². The van der Waals surface area contributed by atoms with Crippen LogP contribution < -0.4 is 10.6 Å². The molecular weight excluding hydrogens is 432 g/mol. The molecule has 6 nitrogen and oxygen atoms in total. The molecule has 3 rings (SSSR count). The number of carbonyl (C=O) groups excluding carboxylic acids is 2. The summed E-state index contributed by atoms with van der Waals surface area (Å²) in [7, 11) is 0. The van der Waals surface area contributed by atoms with Gasteiger partial charge in [-0.3, -0.25) is 9.59 Å². The van der Waals surface area contributed by atoms with Crippen molar-refractivity contribution in [1.82, 2.24) is 20.4 Å². The Bertz CT molecular complexity index is 854. The highest BCUT2D eigenvalue weighted by molar-refractivity contribution is 9.10. The number of hydrogen-bond donors (Lipinski definition) is 2. The molecule has 0 aliphatic heterocycles. The molecule has 1 heterocycles. The lowest BCUT2D eigenvalue weighted by Gasteiger charge is -2.36. The van der Waals surface area contributed by atoms with Crippen LogP contribution in [0.15, 0.2) is 34.9 Å². The van der Waals surface area contributed by atoms with Gasteiger partial charge < -0.3 is 10.6 Å². The summed E-state index contributed by atoms with van der Waals surface area (Å²) in [5, 5.41) is 10.5. The molecule has 0 spiro atoms. The Morgan fingerprint density at radius 3 is 2.52 bits per heavy atom. The molecule has 1 aromatic heterocycles. The van der Waals surface area contributed by atoms with E-state index >= 15 is 0 Å². The largest absolute Gasteiger partial charge is 0.354 e. The molecule has 1 aliphatic rings. The van der Waals surface area contributed by atoms with E-state index < -0.39 is 5.54 Å². The predicted octanol–water partition coefficient (Wildman–Crippen LogP) is 4.29. The Morgan fingerprint density at radius 2 is 1.86 bits per heavy atom. The van der Waals surface area contributed by atoms with E-state index in [0.29, 0.717) is 24.9 Å². The highest BCUT2D eigenvalue weighted by atomic mass is 79.9. The fraction of sp³-hybridized carbons (Fsp3) is 0.500. The Balaban J connectivity index is 1.79. The number of carbonyl (C=O) groups is 2. The molecule has 2 aromatic rings. The van der Waals surface area contributed by atoms with Crippen molar-refractivity contribution in [1.29, 1.82) is 0 Å². The lowest BCUT2D eigenvalue weighted by Crippen LogP contribution is -2.59. The van der Waals surface area contributed by atoms with Gasteiger partial charge in [0.05, 0.1) is 23.1 Å². The highest BCUT2D eigenvalue weighted by Crippen LogP contribution is 2.29. The van der Waals surface area contributed by atoms with Crippen LogP contribution >= 0.6 is 15.9 Å². The van der Waals surface area contributed by atoms with Gasteiger partial charge in [0.15, 0.2) is 0 Å². The van der Waals surface area contributed by atoms with Gasteiger partial charge in [-0.2, -0.15) is 5.10 Å². The number of nitrogens with one attached hydrogen (secondary N) is 2. The van der Waals surface area contributed by atoms with E-state index in [2.05, 4.69) is 38.6 Å². The first-order valence-electron chi connectivity index (χ1n) is 10.4. The van der Waals surface area contributed by atoms with Gasteiger partial charge in [-0.25, -0.2) is 4.68 Å². The minimum absolute atomic E-state index is 0.0584. The molecule has 29 heavy (non-hydrogen) atoms. The fourth-order valence-corrected chi connectivity index (χ4v) is 4.14. The summed E-state index contributed by atoms with van der Waals surface area (Å²) in [5.41, 5.74) is 1.31. The lowest BCUT2D eigenvalue weighted by molar-refractivity contribution is -0.128. The van der Waals surface area contributed by atoms with Crippen molar-refractivity contribution in [3.63, 3.8) is 0 Å². The molecule has 2 amide bonds. The summed E-state index contributed by atoms with van der Waals surface area (Å²) in [5.74, 6) is -0.296. The number of rotatable bonds is 7. The number of halogens is 1. The zero-order valence-corrected chi connectivity index (χ0v) is 18.7. The van der Waals surface area contributed by atoms with E-state index in [1.807, 2.05) is 31.2 Å². The van der Waals surface area contributed by atoms with Crippen molar-refractivity contribution in [3.8, 4) is 5.69 Å². The smallest absolute Gasteiger partial charge is 0.255 e. The van der Waals surface area contributed by atoms with Crippen molar-refractivity contribution < 1.29 is 9.59 Å². The summed E-state index contributed by atoms with van der Waals surface area (Å²) in [6.45, 7) is 4.61. The number of benzene rings is 1.